The zero-order valence-electron chi connectivity index (χ0n) is 12.7. The first-order valence-corrected chi connectivity index (χ1v) is 6.99. The molecule has 0 spiro atoms. The molecule has 0 fully saturated rings. The summed E-state index contributed by atoms with van der Waals surface area (Å²) < 4.78 is 5.68. The van der Waals surface area contributed by atoms with E-state index in [9.17, 15) is 9.59 Å². The number of carbonyl (C=O) groups excluding carboxylic acids is 1. The van der Waals surface area contributed by atoms with Crippen molar-refractivity contribution in [2.24, 2.45) is 0 Å². The maximum atomic E-state index is 11.7. The molecule has 0 saturated carbocycles. The lowest BCUT2D eigenvalue weighted by Gasteiger charge is -2.08. The van der Waals surface area contributed by atoms with Crippen LogP contribution in [0.4, 0.5) is 5.69 Å². The lowest BCUT2D eigenvalue weighted by Crippen LogP contribution is -2.14. The highest BCUT2D eigenvalue weighted by molar-refractivity contribution is 5.99. The van der Waals surface area contributed by atoms with Crippen molar-refractivity contribution >= 4 is 17.6 Å². The molecule has 0 aliphatic heterocycles. The topological polar surface area (TPSA) is 75.6 Å². The first kappa shape index (κ1) is 16.3. The zero-order chi connectivity index (χ0) is 16.8. The third kappa shape index (κ3) is 5.00. The van der Waals surface area contributed by atoms with E-state index in [-0.39, 0.29) is 12.0 Å². The van der Waals surface area contributed by atoms with Crippen LogP contribution in [-0.2, 0) is 9.59 Å². The number of hydrogen-bond donors (Lipinski definition) is 2. The van der Waals surface area contributed by atoms with Crippen LogP contribution in [0.15, 0.2) is 60.7 Å². The molecule has 0 atom stereocenters. The number of carboxylic acids is 1. The molecule has 2 aromatic carbocycles. The first-order valence-electron chi connectivity index (χ1n) is 6.99. The van der Waals surface area contributed by atoms with Crippen molar-refractivity contribution in [3.63, 3.8) is 0 Å². The second-order valence-electron chi connectivity index (χ2n) is 5.07. The number of aryl methyl sites for hydroxylation is 1. The Kier molecular flexibility index (Phi) is 5.15. The van der Waals surface area contributed by atoms with Gasteiger partial charge in [-0.05, 0) is 43.3 Å². The van der Waals surface area contributed by atoms with Gasteiger partial charge in [0.25, 0.3) is 0 Å². The lowest BCUT2D eigenvalue weighted by atomic mass is 10.2. The summed E-state index contributed by atoms with van der Waals surface area (Å²) in [5.74, 6) is -0.237. The molecular formula is C18H17NO4. The third-order valence-corrected chi connectivity index (χ3v) is 3.07. The van der Waals surface area contributed by atoms with Crippen molar-refractivity contribution in [3.8, 4) is 11.5 Å². The Morgan fingerprint density at radius 2 is 1.57 bits per heavy atom. The van der Waals surface area contributed by atoms with Crippen LogP contribution >= 0.6 is 0 Å². The van der Waals surface area contributed by atoms with Gasteiger partial charge in [0.05, 0.1) is 6.42 Å². The standard InChI is InChI=1S/C18H17NO4/c1-12-3-7-15(8-4-12)23-16-9-5-14(6-10-16)19-17(20)11-13(2)18(21)22/h3-10H,2,11H2,1H3,(H,19,20)(H,21,22). The van der Waals surface area contributed by atoms with Gasteiger partial charge in [-0.25, -0.2) is 4.79 Å². The number of rotatable bonds is 6. The number of hydrogen-bond acceptors (Lipinski definition) is 3. The van der Waals surface area contributed by atoms with E-state index in [1.807, 2.05) is 31.2 Å². The van der Waals surface area contributed by atoms with Gasteiger partial charge in [0, 0.05) is 11.3 Å². The second kappa shape index (κ2) is 7.26. The van der Waals surface area contributed by atoms with Gasteiger partial charge in [-0.15, -0.1) is 0 Å². The van der Waals surface area contributed by atoms with E-state index < -0.39 is 11.9 Å². The molecule has 0 aliphatic rings. The monoisotopic (exact) mass is 311 g/mol. The van der Waals surface area contributed by atoms with Crippen molar-refractivity contribution in [2.45, 2.75) is 13.3 Å². The van der Waals surface area contributed by atoms with E-state index in [0.29, 0.717) is 11.4 Å². The van der Waals surface area contributed by atoms with Crippen LogP contribution in [0, 0.1) is 6.92 Å². The Hall–Kier alpha value is -3.08. The maximum Gasteiger partial charge on any atom is 0.331 e. The van der Waals surface area contributed by atoms with Crippen LogP contribution in [0.2, 0.25) is 0 Å². The summed E-state index contributed by atoms with van der Waals surface area (Å²) in [4.78, 5) is 22.3. The summed E-state index contributed by atoms with van der Waals surface area (Å²) >= 11 is 0. The van der Waals surface area contributed by atoms with E-state index in [0.717, 1.165) is 11.3 Å². The van der Waals surface area contributed by atoms with E-state index >= 15 is 0 Å². The van der Waals surface area contributed by atoms with Gasteiger partial charge in [-0.3, -0.25) is 4.79 Å². The van der Waals surface area contributed by atoms with Gasteiger partial charge in [0.2, 0.25) is 5.91 Å². The molecule has 0 aromatic heterocycles. The van der Waals surface area contributed by atoms with Crippen molar-refractivity contribution in [3.05, 3.63) is 66.2 Å². The fraction of sp³-hybridized carbons (Fsp3) is 0.111. The fourth-order valence-corrected chi connectivity index (χ4v) is 1.82. The lowest BCUT2D eigenvalue weighted by molar-refractivity contribution is -0.133. The van der Waals surface area contributed by atoms with E-state index in [2.05, 4.69) is 11.9 Å². The molecule has 5 heteroatoms. The highest BCUT2D eigenvalue weighted by Gasteiger charge is 2.10. The van der Waals surface area contributed by atoms with Crippen molar-refractivity contribution < 1.29 is 19.4 Å². The number of aliphatic carboxylic acids is 1. The molecule has 0 aliphatic carbocycles. The molecule has 2 N–H and O–H groups in total. The molecule has 23 heavy (non-hydrogen) atoms. The van der Waals surface area contributed by atoms with Crippen molar-refractivity contribution in [2.75, 3.05) is 5.32 Å². The number of ether oxygens (including phenoxy) is 1. The van der Waals surface area contributed by atoms with Gasteiger partial charge >= 0.3 is 5.97 Å². The van der Waals surface area contributed by atoms with Crippen LogP contribution in [0.1, 0.15) is 12.0 Å². The normalized spacial score (nSPS) is 9.96. The smallest absolute Gasteiger partial charge is 0.331 e. The Bertz CT molecular complexity index is 718. The number of carbonyl (C=O) groups is 2. The molecule has 0 unspecified atom stereocenters. The molecule has 0 saturated heterocycles. The zero-order valence-corrected chi connectivity index (χ0v) is 12.7. The SMILES string of the molecule is C=C(CC(=O)Nc1ccc(Oc2ccc(C)cc2)cc1)C(=O)O. The van der Waals surface area contributed by atoms with E-state index in [4.69, 9.17) is 9.84 Å². The molecule has 0 bridgehead atoms. The summed E-state index contributed by atoms with van der Waals surface area (Å²) in [6, 6.07) is 14.5. The minimum absolute atomic E-state index is 0.151. The van der Waals surface area contributed by atoms with Gasteiger partial charge in [-0.1, -0.05) is 24.3 Å². The predicted octanol–water partition coefficient (Wildman–Crippen LogP) is 3.76. The Labute approximate surface area is 134 Å². The molecule has 1 amide bonds. The molecule has 0 heterocycles. The number of anilines is 1. The van der Waals surface area contributed by atoms with Crippen LogP contribution in [0.25, 0.3) is 0 Å². The van der Waals surface area contributed by atoms with Crippen LogP contribution in [0.3, 0.4) is 0 Å². The van der Waals surface area contributed by atoms with Gasteiger partial charge in [-0.2, -0.15) is 0 Å². The molecule has 2 rings (SSSR count). The van der Waals surface area contributed by atoms with E-state index in [1.165, 1.54) is 0 Å². The van der Waals surface area contributed by atoms with Gasteiger partial charge < -0.3 is 15.2 Å². The van der Waals surface area contributed by atoms with Crippen LogP contribution < -0.4 is 10.1 Å². The van der Waals surface area contributed by atoms with Crippen LogP contribution in [-0.4, -0.2) is 17.0 Å². The minimum atomic E-state index is -1.18. The van der Waals surface area contributed by atoms with Crippen molar-refractivity contribution in [1.82, 2.24) is 0 Å². The average Bonchev–Trinajstić information content (AvgIpc) is 2.51. The third-order valence-electron chi connectivity index (χ3n) is 3.07. The van der Waals surface area contributed by atoms with Gasteiger partial charge in [0.15, 0.2) is 0 Å². The molecule has 2 aromatic rings. The van der Waals surface area contributed by atoms with E-state index in [1.54, 1.807) is 24.3 Å². The molecular weight excluding hydrogens is 294 g/mol. The Morgan fingerprint density at radius 1 is 1.04 bits per heavy atom. The largest absolute Gasteiger partial charge is 0.478 e. The Balaban J connectivity index is 1.94. The van der Waals surface area contributed by atoms with Gasteiger partial charge in [0.1, 0.15) is 11.5 Å². The highest BCUT2D eigenvalue weighted by Crippen LogP contribution is 2.23. The number of carboxylic acid groups (broad SMARTS) is 1. The summed E-state index contributed by atoms with van der Waals surface area (Å²) in [5, 5.41) is 11.3. The fourth-order valence-electron chi connectivity index (χ4n) is 1.82. The summed E-state index contributed by atoms with van der Waals surface area (Å²) in [6.07, 6.45) is -0.253. The summed E-state index contributed by atoms with van der Waals surface area (Å²) in [7, 11) is 0. The Morgan fingerprint density at radius 3 is 2.09 bits per heavy atom. The van der Waals surface area contributed by atoms with Crippen LogP contribution in [0.5, 0.6) is 11.5 Å². The predicted molar refractivity (Wildman–Crippen MR) is 87.7 cm³/mol. The molecule has 0 radical (unpaired) electrons. The maximum absolute atomic E-state index is 11.7. The minimum Gasteiger partial charge on any atom is -0.478 e. The summed E-state index contributed by atoms with van der Waals surface area (Å²) in [5.41, 5.74) is 1.56. The molecule has 5 nitrogen and oxygen atoms in total. The highest BCUT2D eigenvalue weighted by atomic mass is 16.5. The quantitative estimate of drug-likeness (QED) is 0.797. The number of amides is 1. The second-order valence-corrected chi connectivity index (χ2v) is 5.07. The summed E-state index contributed by atoms with van der Waals surface area (Å²) in [6.45, 7) is 5.32. The number of benzene rings is 2. The average molecular weight is 311 g/mol. The number of nitrogens with one attached hydrogen (secondary N) is 1. The van der Waals surface area contributed by atoms with Crippen molar-refractivity contribution in [1.29, 1.82) is 0 Å². The first-order chi connectivity index (χ1) is 10.9. The molecule has 118 valence electrons.